The van der Waals surface area contributed by atoms with Crippen molar-refractivity contribution in [3.63, 3.8) is 0 Å². The molecule has 5 N–H and O–H groups in total. The van der Waals surface area contributed by atoms with E-state index in [0.717, 1.165) is 12.1 Å². The van der Waals surface area contributed by atoms with Gasteiger partial charge in [0.25, 0.3) is 0 Å². The number of nitrogens with two attached hydrogens (primary N) is 1. The van der Waals surface area contributed by atoms with Crippen LogP contribution in [0.15, 0.2) is 17.0 Å². The number of aliphatic hydroxyl groups is 2. The molecule has 108 valence electrons. The van der Waals surface area contributed by atoms with Gasteiger partial charge in [0, 0.05) is 0 Å². The van der Waals surface area contributed by atoms with Crippen LogP contribution >= 0.6 is 0 Å². The maximum Gasteiger partial charge on any atom is 0.241 e. The molecule has 0 saturated carbocycles. The van der Waals surface area contributed by atoms with Crippen LogP contribution in [0.5, 0.6) is 0 Å². The zero-order chi connectivity index (χ0) is 14.8. The Bertz CT molecular complexity index is 547. The normalized spacial score (nSPS) is 12.7. The Morgan fingerprint density at radius 2 is 1.89 bits per heavy atom. The van der Waals surface area contributed by atoms with Crippen molar-refractivity contribution in [2.24, 2.45) is 0 Å². The lowest BCUT2D eigenvalue weighted by Crippen LogP contribution is -2.51. The fourth-order valence-electron chi connectivity index (χ4n) is 1.42. The van der Waals surface area contributed by atoms with Crippen LogP contribution in [0.1, 0.15) is 12.5 Å². The fourth-order valence-corrected chi connectivity index (χ4v) is 2.93. The summed E-state index contributed by atoms with van der Waals surface area (Å²) in [4.78, 5) is -0.225. The van der Waals surface area contributed by atoms with Crippen LogP contribution in [0, 0.1) is 12.7 Å². The van der Waals surface area contributed by atoms with Crippen LogP contribution in [0.4, 0.5) is 10.1 Å². The second-order valence-corrected chi connectivity index (χ2v) is 6.31. The molecule has 0 aliphatic carbocycles. The predicted octanol–water partition coefficient (Wildman–Crippen LogP) is -0.262. The molecule has 8 heteroatoms. The summed E-state index contributed by atoms with van der Waals surface area (Å²) in [6.07, 6.45) is 0. The number of hydrogen-bond acceptors (Lipinski definition) is 5. The molecular weight excluding hydrogens is 275 g/mol. The van der Waals surface area contributed by atoms with Gasteiger partial charge in [-0.2, -0.15) is 0 Å². The van der Waals surface area contributed by atoms with E-state index in [-0.39, 0.29) is 16.1 Å². The van der Waals surface area contributed by atoms with Crippen molar-refractivity contribution in [2.75, 3.05) is 18.9 Å². The van der Waals surface area contributed by atoms with Crippen molar-refractivity contribution < 1.29 is 23.0 Å². The molecule has 1 rings (SSSR count). The lowest BCUT2D eigenvalue weighted by molar-refractivity contribution is 0.122. The molecule has 1 aromatic carbocycles. The Kier molecular flexibility index (Phi) is 4.51. The molecule has 0 aliphatic heterocycles. The maximum absolute atomic E-state index is 13.3. The lowest BCUT2D eigenvalue weighted by Gasteiger charge is -2.26. The first kappa shape index (κ1) is 15.8. The van der Waals surface area contributed by atoms with Gasteiger partial charge in [-0.25, -0.2) is 17.5 Å². The van der Waals surface area contributed by atoms with Gasteiger partial charge in [0.05, 0.1) is 29.3 Å². The number of sulfonamides is 1. The smallest absolute Gasteiger partial charge is 0.241 e. The minimum atomic E-state index is -4.02. The van der Waals surface area contributed by atoms with Gasteiger partial charge >= 0.3 is 0 Å². The Morgan fingerprint density at radius 1 is 1.37 bits per heavy atom. The molecular formula is C11H17FN2O4S. The third kappa shape index (κ3) is 3.41. The molecule has 0 heterocycles. The summed E-state index contributed by atoms with van der Waals surface area (Å²) >= 11 is 0. The molecule has 0 bridgehead atoms. The minimum Gasteiger partial charge on any atom is -0.396 e. The molecule has 1 aromatic rings. The van der Waals surface area contributed by atoms with Crippen LogP contribution < -0.4 is 10.5 Å². The highest BCUT2D eigenvalue weighted by Gasteiger charge is 2.30. The van der Waals surface area contributed by atoms with Gasteiger partial charge in [-0.1, -0.05) is 0 Å². The Labute approximate surface area is 111 Å². The molecule has 0 atom stereocenters. The van der Waals surface area contributed by atoms with Crippen molar-refractivity contribution in [3.8, 4) is 0 Å². The highest BCUT2D eigenvalue weighted by Crippen LogP contribution is 2.21. The number of halogens is 1. The summed E-state index contributed by atoms with van der Waals surface area (Å²) in [5.41, 5.74) is 3.78. The summed E-state index contributed by atoms with van der Waals surface area (Å²) in [6, 6.07) is 2.11. The molecule has 0 amide bonds. The number of benzene rings is 1. The highest BCUT2D eigenvalue weighted by molar-refractivity contribution is 7.89. The average molecular weight is 292 g/mol. The number of aliphatic hydroxyl groups excluding tert-OH is 2. The number of hydrogen-bond donors (Lipinski definition) is 4. The van der Waals surface area contributed by atoms with E-state index in [4.69, 9.17) is 15.9 Å². The first-order valence-corrected chi connectivity index (χ1v) is 6.95. The number of nitrogens with one attached hydrogen (secondary N) is 1. The van der Waals surface area contributed by atoms with Crippen LogP contribution in [0.25, 0.3) is 0 Å². The van der Waals surface area contributed by atoms with Crippen LogP contribution in [0.3, 0.4) is 0 Å². The molecule has 0 aromatic heterocycles. The van der Waals surface area contributed by atoms with Crippen molar-refractivity contribution in [1.82, 2.24) is 4.72 Å². The van der Waals surface area contributed by atoms with Crippen molar-refractivity contribution >= 4 is 15.7 Å². The van der Waals surface area contributed by atoms with E-state index < -0.39 is 34.6 Å². The zero-order valence-electron chi connectivity index (χ0n) is 10.6. The number of aryl methyl sites for hydroxylation is 1. The lowest BCUT2D eigenvalue weighted by atomic mass is 10.1. The standard InChI is InChI=1S/C11H17FN2O4S/c1-7-3-8(4-9(13)10(7)12)19(17,18)14-11(2,5-15)6-16/h3-4,14-16H,5-6,13H2,1-2H3. The van der Waals surface area contributed by atoms with E-state index in [0.29, 0.717) is 0 Å². The Morgan fingerprint density at radius 3 is 2.32 bits per heavy atom. The third-order valence-corrected chi connectivity index (χ3v) is 4.26. The molecule has 0 unspecified atom stereocenters. The van der Waals surface area contributed by atoms with Gasteiger partial charge in [0.15, 0.2) is 0 Å². The molecule has 0 aliphatic rings. The molecule has 0 radical (unpaired) electrons. The Hall–Kier alpha value is -1.22. The second kappa shape index (κ2) is 5.41. The monoisotopic (exact) mass is 292 g/mol. The number of nitrogen functional groups attached to an aromatic ring is 1. The SMILES string of the molecule is Cc1cc(S(=O)(=O)NC(C)(CO)CO)cc(N)c1F. The minimum absolute atomic E-state index is 0.0927. The highest BCUT2D eigenvalue weighted by atomic mass is 32.2. The number of rotatable bonds is 5. The van der Waals surface area contributed by atoms with Gasteiger partial charge in [-0.15, -0.1) is 0 Å². The topological polar surface area (TPSA) is 113 Å². The van der Waals surface area contributed by atoms with Crippen LogP contribution in [-0.2, 0) is 10.0 Å². The maximum atomic E-state index is 13.3. The first-order chi connectivity index (χ1) is 8.65. The summed E-state index contributed by atoms with van der Waals surface area (Å²) in [5, 5.41) is 18.2. The third-order valence-electron chi connectivity index (χ3n) is 2.65. The van der Waals surface area contributed by atoms with Gasteiger partial charge in [0.1, 0.15) is 5.82 Å². The molecule has 0 saturated heterocycles. The van der Waals surface area contributed by atoms with Crippen molar-refractivity contribution in [1.29, 1.82) is 0 Å². The summed E-state index contributed by atoms with van der Waals surface area (Å²) in [6.45, 7) is 1.56. The fraction of sp³-hybridized carbons (Fsp3) is 0.455. The van der Waals surface area contributed by atoms with Crippen molar-refractivity contribution in [2.45, 2.75) is 24.3 Å². The molecule has 0 spiro atoms. The summed E-state index contributed by atoms with van der Waals surface area (Å²) < 4.78 is 39.6. The quantitative estimate of drug-likeness (QED) is 0.558. The van der Waals surface area contributed by atoms with Gasteiger partial charge in [-0.3, -0.25) is 0 Å². The van der Waals surface area contributed by atoms with E-state index in [2.05, 4.69) is 4.72 Å². The first-order valence-electron chi connectivity index (χ1n) is 5.46. The van der Waals surface area contributed by atoms with E-state index in [1.807, 2.05) is 0 Å². The Balaban J connectivity index is 3.22. The average Bonchev–Trinajstić information content (AvgIpc) is 2.34. The second-order valence-electron chi connectivity index (χ2n) is 4.63. The summed E-state index contributed by atoms with van der Waals surface area (Å²) in [5.74, 6) is -0.675. The molecule has 0 fully saturated rings. The van der Waals surface area contributed by atoms with Crippen LogP contribution in [-0.4, -0.2) is 37.4 Å². The van der Waals surface area contributed by atoms with E-state index >= 15 is 0 Å². The van der Waals surface area contributed by atoms with Crippen molar-refractivity contribution in [3.05, 3.63) is 23.5 Å². The van der Waals surface area contributed by atoms with Gasteiger partial charge < -0.3 is 15.9 Å². The van der Waals surface area contributed by atoms with Gasteiger partial charge in [0.2, 0.25) is 10.0 Å². The number of anilines is 1. The predicted molar refractivity (Wildman–Crippen MR) is 68.4 cm³/mol. The van der Waals surface area contributed by atoms with E-state index in [1.165, 1.54) is 13.8 Å². The largest absolute Gasteiger partial charge is 0.396 e. The van der Waals surface area contributed by atoms with E-state index in [1.54, 1.807) is 0 Å². The molecule has 6 nitrogen and oxygen atoms in total. The van der Waals surface area contributed by atoms with E-state index in [9.17, 15) is 12.8 Å². The van der Waals surface area contributed by atoms with Gasteiger partial charge in [-0.05, 0) is 31.5 Å². The summed E-state index contributed by atoms with van der Waals surface area (Å²) in [7, 11) is -4.02. The zero-order valence-corrected chi connectivity index (χ0v) is 11.5. The molecule has 19 heavy (non-hydrogen) atoms. The van der Waals surface area contributed by atoms with Crippen LogP contribution in [0.2, 0.25) is 0 Å².